The Balaban J connectivity index is 1.39. The summed E-state index contributed by atoms with van der Waals surface area (Å²) in [6, 6.07) is 22.6. The Kier molecular flexibility index (Phi) is 6.44. The summed E-state index contributed by atoms with van der Waals surface area (Å²) in [6.07, 6.45) is 3.73. The molecular weight excluding hydrogens is 480 g/mol. The number of aliphatic imine (C=N–C) groups is 1. The van der Waals surface area contributed by atoms with Crippen LogP contribution in [0.25, 0.3) is 17.0 Å². The molecular formula is C27H21ClN4O2S. The number of thioether (sulfide) groups is 1. The number of rotatable bonds is 5. The van der Waals surface area contributed by atoms with E-state index in [4.69, 9.17) is 11.6 Å². The molecule has 8 heteroatoms. The Hall–Kier alpha value is -3.81. The van der Waals surface area contributed by atoms with E-state index < -0.39 is 0 Å². The van der Waals surface area contributed by atoms with E-state index in [2.05, 4.69) is 15.6 Å². The van der Waals surface area contributed by atoms with Gasteiger partial charge < -0.3 is 15.2 Å². The fraction of sp³-hybridized carbons (Fsp3) is 0.0741. The van der Waals surface area contributed by atoms with Crippen LogP contribution in [0.2, 0.25) is 5.02 Å². The minimum absolute atomic E-state index is 0.131. The lowest BCUT2D eigenvalue weighted by molar-refractivity contribution is -0.117. The smallest absolute Gasteiger partial charge is 0.264 e. The highest BCUT2D eigenvalue weighted by Gasteiger charge is 2.24. The monoisotopic (exact) mass is 500 g/mol. The zero-order valence-electron chi connectivity index (χ0n) is 18.8. The molecule has 2 heterocycles. The molecule has 0 spiro atoms. The van der Waals surface area contributed by atoms with E-state index in [9.17, 15) is 9.59 Å². The lowest BCUT2D eigenvalue weighted by atomic mass is 10.1. The SMILES string of the molecule is Cc1ccc(N=C2NC(=O)/C(=C\c3cn(CC(=O)Nc4ccc(Cl)cc4)c4ccccc34)S2)cc1. The van der Waals surface area contributed by atoms with Gasteiger partial charge in [-0.3, -0.25) is 9.59 Å². The van der Waals surface area contributed by atoms with Crippen molar-refractivity contribution in [3.8, 4) is 0 Å². The Labute approximate surface area is 211 Å². The average molecular weight is 501 g/mol. The Bertz CT molecular complexity index is 1490. The van der Waals surface area contributed by atoms with Crippen LogP contribution in [0.4, 0.5) is 11.4 Å². The third-order valence-electron chi connectivity index (χ3n) is 5.46. The third kappa shape index (κ3) is 5.31. The fourth-order valence-corrected chi connectivity index (χ4v) is 4.73. The molecule has 4 aromatic rings. The maximum absolute atomic E-state index is 12.7. The van der Waals surface area contributed by atoms with Crippen molar-refractivity contribution in [3.05, 3.63) is 100 Å². The molecule has 35 heavy (non-hydrogen) atoms. The molecule has 0 saturated carbocycles. The number of hydrogen-bond donors (Lipinski definition) is 2. The van der Waals surface area contributed by atoms with Crippen LogP contribution >= 0.6 is 23.4 Å². The minimum atomic E-state index is -0.196. The molecule has 0 aliphatic carbocycles. The largest absolute Gasteiger partial charge is 0.337 e. The number of halogens is 1. The average Bonchev–Trinajstić information content (AvgIpc) is 3.36. The maximum Gasteiger partial charge on any atom is 0.264 e. The Morgan fingerprint density at radius 2 is 1.83 bits per heavy atom. The zero-order valence-corrected chi connectivity index (χ0v) is 20.4. The first kappa shape index (κ1) is 23.0. The zero-order chi connectivity index (χ0) is 24.4. The van der Waals surface area contributed by atoms with Crippen LogP contribution in [-0.2, 0) is 16.1 Å². The van der Waals surface area contributed by atoms with Crippen molar-refractivity contribution in [2.24, 2.45) is 4.99 Å². The van der Waals surface area contributed by atoms with Gasteiger partial charge in [-0.2, -0.15) is 0 Å². The molecule has 5 rings (SSSR count). The van der Waals surface area contributed by atoms with E-state index in [0.717, 1.165) is 27.7 Å². The van der Waals surface area contributed by atoms with Crippen molar-refractivity contribution in [1.82, 2.24) is 9.88 Å². The number of aromatic nitrogens is 1. The molecule has 1 aliphatic rings. The highest BCUT2D eigenvalue weighted by atomic mass is 35.5. The second-order valence-electron chi connectivity index (χ2n) is 8.10. The molecule has 1 aromatic heterocycles. The summed E-state index contributed by atoms with van der Waals surface area (Å²) in [5.74, 6) is -0.356. The van der Waals surface area contributed by atoms with Crippen LogP contribution in [0.5, 0.6) is 0 Å². The number of para-hydroxylation sites is 1. The van der Waals surface area contributed by atoms with Gasteiger partial charge in [-0.05, 0) is 67.2 Å². The number of carbonyl (C=O) groups is 2. The van der Waals surface area contributed by atoms with E-state index in [1.807, 2.05) is 72.3 Å². The van der Waals surface area contributed by atoms with Gasteiger partial charge in [0.05, 0.1) is 10.6 Å². The number of aryl methyl sites for hydroxylation is 1. The molecule has 0 atom stereocenters. The van der Waals surface area contributed by atoms with Gasteiger partial charge in [0.1, 0.15) is 6.54 Å². The van der Waals surface area contributed by atoms with E-state index in [-0.39, 0.29) is 18.4 Å². The van der Waals surface area contributed by atoms with Gasteiger partial charge in [-0.1, -0.05) is 47.5 Å². The first-order valence-corrected chi connectivity index (χ1v) is 12.1. The molecule has 174 valence electrons. The molecule has 0 bridgehead atoms. The van der Waals surface area contributed by atoms with Crippen LogP contribution in [0, 0.1) is 6.92 Å². The van der Waals surface area contributed by atoms with E-state index >= 15 is 0 Å². The third-order valence-corrected chi connectivity index (χ3v) is 6.63. The Morgan fingerprint density at radius 1 is 1.09 bits per heavy atom. The predicted molar refractivity (Wildman–Crippen MR) is 144 cm³/mol. The fourth-order valence-electron chi connectivity index (χ4n) is 3.77. The summed E-state index contributed by atoms with van der Waals surface area (Å²) in [7, 11) is 0. The van der Waals surface area contributed by atoms with Gasteiger partial charge in [0.15, 0.2) is 5.17 Å². The highest BCUT2D eigenvalue weighted by molar-refractivity contribution is 8.18. The second kappa shape index (κ2) is 9.82. The molecule has 2 N–H and O–H groups in total. The van der Waals surface area contributed by atoms with E-state index in [1.165, 1.54) is 11.8 Å². The van der Waals surface area contributed by atoms with Crippen molar-refractivity contribution >= 4 is 68.7 Å². The number of benzene rings is 3. The normalized spacial score (nSPS) is 15.7. The van der Waals surface area contributed by atoms with Gasteiger partial charge >= 0.3 is 0 Å². The lowest BCUT2D eigenvalue weighted by Gasteiger charge is -2.07. The van der Waals surface area contributed by atoms with Crippen LogP contribution < -0.4 is 10.6 Å². The minimum Gasteiger partial charge on any atom is -0.337 e. The molecule has 0 unspecified atom stereocenters. The number of amides is 2. The number of carbonyl (C=O) groups excluding carboxylic acids is 2. The topological polar surface area (TPSA) is 75.5 Å². The number of nitrogens with one attached hydrogen (secondary N) is 2. The molecule has 6 nitrogen and oxygen atoms in total. The van der Waals surface area contributed by atoms with Crippen LogP contribution in [0.3, 0.4) is 0 Å². The van der Waals surface area contributed by atoms with Crippen molar-refractivity contribution < 1.29 is 9.59 Å². The molecule has 1 fully saturated rings. The van der Waals surface area contributed by atoms with Gasteiger partial charge in [-0.15, -0.1) is 0 Å². The van der Waals surface area contributed by atoms with Crippen molar-refractivity contribution in [2.75, 3.05) is 5.32 Å². The lowest BCUT2D eigenvalue weighted by Crippen LogP contribution is -2.19. The van der Waals surface area contributed by atoms with Crippen molar-refractivity contribution in [1.29, 1.82) is 0 Å². The van der Waals surface area contributed by atoms with Crippen LogP contribution in [-0.4, -0.2) is 21.5 Å². The van der Waals surface area contributed by atoms with E-state index in [1.54, 1.807) is 24.3 Å². The van der Waals surface area contributed by atoms with Gasteiger partial charge in [-0.25, -0.2) is 4.99 Å². The second-order valence-corrected chi connectivity index (χ2v) is 9.57. The summed E-state index contributed by atoms with van der Waals surface area (Å²) >= 11 is 7.22. The van der Waals surface area contributed by atoms with Crippen LogP contribution in [0.1, 0.15) is 11.1 Å². The van der Waals surface area contributed by atoms with Crippen molar-refractivity contribution in [2.45, 2.75) is 13.5 Å². The van der Waals surface area contributed by atoms with Crippen molar-refractivity contribution in [3.63, 3.8) is 0 Å². The summed E-state index contributed by atoms with van der Waals surface area (Å²) in [4.78, 5) is 30.4. The summed E-state index contributed by atoms with van der Waals surface area (Å²) in [5.41, 5.74) is 4.37. The van der Waals surface area contributed by atoms with Crippen LogP contribution in [0.15, 0.2) is 88.9 Å². The first-order chi connectivity index (χ1) is 16.9. The van der Waals surface area contributed by atoms with E-state index in [0.29, 0.717) is 20.8 Å². The maximum atomic E-state index is 12.7. The highest BCUT2D eigenvalue weighted by Crippen LogP contribution is 2.31. The molecule has 1 saturated heterocycles. The summed E-state index contributed by atoms with van der Waals surface area (Å²) < 4.78 is 1.88. The summed E-state index contributed by atoms with van der Waals surface area (Å²) in [5, 5.41) is 7.82. The van der Waals surface area contributed by atoms with Gasteiger partial charge in [0, 0.05) is 33.4 Å². The molecule has 3 aromatic carbocycles. The predicted octanol–water partition coefficient (Wildman–Crippen LogP) is 6.13. The summed E-state index contributed by atoms with van der Waals surface area (Å²) in [6.45, 7) is 2.15. The molecule has 1 aliphatic heterocycles. The molecule has 2 amide bonds. The van der Waals surface area contributed by atoms with Gasteiger partial charge in [0.2, 0.25) is 5.91 Å². The first-order valence-electron chi connectivity index (χ1n) is 10.9. The quantitative estimate of drug-likeness (QED) is 0.323. The molecule has 0 radical (unpaired) electrons. The number of amidine groups is 1. The number of anilines is 1. The Morgan fingerprint density at radius 3 is 2.60 bits per heavy atom. The number of nitrogens with zero attached hydrogens (tertiary/aromatic N) is 2. The standard InChI is InChI=1S/C27H21ClN4O2S/c1-17-6-10-21(11-7-17)30-27-31-26(34)24(35-27)14-18-15-32(23-5-3-2-4-22(18)23)16-25(33)29-20-12-8-19(28)9-13-20/h2-15H,16H2,1H3,(H,29,33)(H,30,31,34)/b24-14+. The number of hydrogen-bond acceptors (Lipinski definition) is 4. The van der Waals surface area contributed by atoms with Gasteiger partial charge in [0.25, 0.3) is 5.91 Å². The number of fused-ring (bicyclic) bond motifs is 1.